The van der Waals surface area contributed by atoms with E-state index in [1.54, 1.807) is 18.2 Å². The standard InChI is InChI=1S/C16H10BrF3N2O3S/c17-10-4-5-14(13(7-10)25-16(18,19)20)26(23,24)11-6-9-2-1-3-12(21)15(9)22-8-11/h1-8H,21H2. The Morgan fingerprint density at radius 2 is 1.85 bits per heavy atom. The van der Waals surface area contributed by atoms with E-state index in [0.29, 0.717) is 16.6 Å². The van der Waals surface area contributed by atoms with E-state index >= 15 is 0 Å². The summed E-state index contributed by atoms with van der Waals surface area (Å²) in [6.45, 7) is 0. The number of benzene rings is 2. The molecule has 0 spiro atoms. The molecule has 0 saturated carbocycles. The lowest BCUT2D eigenvalue weighted by molar-refractivity contribution is -0.275. The number of alkyl halides is 3. The molecule has 2 N–H and O–H groups in total. The van der Waals surface area contributed by atoms with Gasteiger partial charge >= 0.3 is 6.36 Å². The zero-order chi connectivity index (χ0) is 19.1. The van der Waals surface area contributed by atoms with Crippen LogP contribution in [0.4, 0.5) is 18.9 Å². The van der Waals surface area contributed by atoms with Crippen LogP contribution in [0.1, 0.15) is 0 Å². The highest BCUT2D eigenvalue weighted by molar-refractivity contribution is 9.10. The molecule has 0 saturated heterocycles. The minimum Gasteiger partial charge on any atom is -0.404 e. The van der Waals surface area contributed by atoms with E-state index in [2.05, 4.69) is 25.7 Å². The summed E-state index contributed by atoms with van der Waals surface area (Å²) in [6.07, 6.45) is -3.99. The van der Waals surface area contributed by atoms with E-state index in [0.717, 1.165) is 18.3 Å². The van der Waals surface area contributed by atoms with Gasteiger partial charge in [-0.1, -0.05) is 28.1 Å². The predicted octanol–water partition coefficient (Wildman–Crippen LogP) is 4.31. The summed E-state index contributed by atoms with van der Waals surface area (Å²) in [5, 5.41) is 0.446. The number of nitrogens with two attached hydrogens (primary N) is 1. The van der Waals surface area contributed by atoms with Crippen molar-refractivity contribution in [3.8, 4) is 5.75 Å². The third kappa shape index (κ3) is 3.61. The number of aromatic nitrogens is 1. The van der Waals surface area contributed by atoms with Crippen molar-refractivity contribution in [2.75, 3.05) is 5.73 Å². The molecule has 1 heterocycles. The first-order valence-corrected chi connectivity index (χ1v) is 9.30. The molecule has 0 bridgehead atoms. The molecular formula is C16H10BrF3N2O3S. The molecule has 10 heteroatoms. The molecular weight excluding hydrogens is 437 g/mol. The zero-order valence-corrected chi connectivity index (χ0v) is 15.2. The first-order chi connectivity index (χ1) is 12.1. The van der Waals surface area contributed by atoms with E-state index in [1.165, 1.54) is 12.1 Å². The quantitative estimate of drug-likeness (QED) is 0.606. The second-order valence-electron chi connectivity index (χ2n) is 5.23. The van der Waals surface area contributed by atoms with Gasteiger partial charge < -0.3 is 10.5 Å². The second kappa shape index (κ2) is 6.44. The average Bonchev–Trinajstić information content (AvgIpc) is 2.53. The van der Waals surface area contributed by atoms with Crippen molar-refractivity contribution in [2.24, 2.45) is 0 Å². The van der Waals surface area contributed by atoms with Gasteiger partial charge in [0.15, 0.2) is 0 Å². The monoisotopic (exact) mass is 446 g/mol. The summed E-state index contributed by atoms with van der Waals surface area (Å²) in [5.74, 6) is -0.834. The number of pyridine rings is 1. The maximum absolute atomic E-state index is 12.8. The number of nitrogens with zero attached hydrogens (tertiary/aromatic N) is 1. The van der Waals surface area contributed by atoms with Gasteiger partial charge in [-0.15, -0.1) is 13.2 Å². The molecule has 0 aliphatic carbocycles. The van der Waals surface area contributed by atoms with Crippen molar-refractivity contribution < 1.29 is 26.3 Å². The summed E-state index contributed by atoms with van der Waals surface area (Å²) in [7, 11) is -4.31. The number of fused-ring (bicyclic) bond motifs is 1. The minimum atomic E-state index is -5.04. The Kier molecular flexibility index (Phi) is 4.57. The maximum atomic E-state index is 12.8. The Labute approximate surface area is 154 Å². The zero-order valence-electron chi connectivity index (χ0n) is 12.8. The second-order valence-corrected chi connectivity index (χ2v) is 8.07. The normalized spacial score (nSPS) is 12.3. The van der Waals surface area contributed by atoms with Crippen molar-refractivity contribution in [3.63, 3.8) is 0 Å². The highest BCUT2D eigenvalue weighted by Crippen LogP contribution is 2.35. The van der Waals surface area contributed by atoms with Crippen LogP contribution in [0.3, 0.4) is 0 Å². The maximum Gasteiger partial charge on any atom is 0.573 e. The van der Waals surface area contributed by atoms with E-state index in [-0.39, 0.29) is 9.37 Å². The molecule has 0 aliphatic heterocycles. The summed E-state index contributed by atoms with van der Waals surface area (Å²) in [6, 6.07) is 9.40. The molecule has 3 rings (SSSR count). The summed E-state index contributed by atoms with van der Waals surface area (Å²) >= 11 is 3.00. The van der Waals surface area contributed by atoms with E-state index in [1.807, 2.05) is 0 Å². The Bertz CT molecular complexity index is 1100. The highest BCUT2D eigenvalue weighted by Gasteiger charge is 2.34. The van der Waals surface area contributed by atoms with Crippen LogP contribution in [0.5, 0.6) is 5.75 Å². The van der Waals surface area contributed by atoms with Crippen molar-refractivity contribution in [1.82, 2.24) is 4.98 Å². The van der Waals surface area contributed by atoms with E-state index in [4.69, 9.17) is 5.73 Å². The molecule has 136 valence electrons. The number of rotatable bonds is 3. The molecule has 0 radical (unpaired) electrons. The molecule has 5 nitrogen and oxygen atoms in total. The predicted molar refractivity (Wildman–Crippen MR) is 92.4 cm³/mol. The third-order valence-electron chi connectivity index (χ3n) is 3.45. The van der Waals surface area contributed by atoms with Gasteiger partial charge in [0.25, 0.3) is 0 Å². The van der Waals surface area contributed by atoms with Gasteiger partial charge in [-0.2, -0.15) is 0 Å². The fraction of sp³-hybridized carbons (Fsp3) is 0.0625. The Hall–Kier alpha value is -2.33. The van der Waals surface area contributed by atoms with E-state index in [9.17, 15) is 21.6 Å². The SMILES string of the molecule is Nc1cccc2cc(S(=O)(=O)c3ccc(Br)cc3OC(F)(F)F)cnc12. The van der Waals surface area contributed by atoms with Crippen LogP contribution in [-0.2, 0) is 9.84 Å². The number of halogens is 4. The highest BCUT2D eigenvalue weighted by atomic mass is 79.9. The number of ether oxygens (including phenoxy) is 1. The molecule has 26 heavy (non-hydrogen) atoms. The van der Waals surface area contributed by atoms with Crippen LogP contribution in [-0.4, -0.2) is 19.8 Å². The topological polar surface area (TPSA) is 82.3 Å². The summed E-state index contributed by atoms with van der Waals surface area (Å²) in [5.41, 5.74) is 6.53. The number of hydrogen-bond donors (Lipinski definition) is 1. The number of sulfone groups is 1. The van der Waals surface area contributed by atoms with Crippen LogP contribution < -0.4 is 10.5 Å². The van der Waals surface area contributed by atoms with Crippen molar-refractivity contribution in [1.29, 1.82) is 0 Å². The molecule has 0 aliphatic rings. The molecule has 1 aromatic heterocycles. The fourth-order valence-corrected chi connectivity index (χ4v) is 4.03. The van der Waals surface area contributed by atoms with Gasteiger partial charge in [0, 0.05) is 16.1 Å². The largest absolute Gasteiger partial charge is 0.573 e. The number of hydrogen-bond acceptors (Lipinski definition) is 5. The Balaban J connectivity index is 2.17. The lowest BCUT2D eigenvalue weighted by Gasteiger charge is -2.14. The van der Waals surface area contributed by atoms with Gasteiger partial charge in [0.1, 0.15) is 10.6 Å². The van der Waals surface area contributed by atoms with Crippen LogP contribution in [0, 0.1) is 0 Å². The van der Waals surface area contributed by atoms with Crippen LogP contribution in [0.2, 0.25) is 0 Å². The fourth-order valence-electron chi connectivity index (χ4n) is 2.35. The number of para-hydroxylation sites is 1. The lowest BCUT2D eigenvalue weighted by Crippen LogP contribution is -2.19. The molecule has 3 aromatic rings. The Morgan fingerprint density at radius 3 is 2.54 bits per heavy atom. The van der Waals surface area contributed by atoms with E-state index < -0.39 is 26.8 Å². The minimum absolute atomic E-state index is 0.236. The molecule has 0 fully saturated rings. The van der Waals surface area contributed by atoms with Gasteiger partial charge in [0.2, 0.25) is 9.84 Å². The van der Waals surface area contributed by atoms with Crippen LogP contribution in [0.25, 0.3) is 10.9 Å². The first kappa shape index (κ1) is 18.5. The molecule has 0 atom stereocenters. The first-order valence-electron chi connectivity index (χ1n) is 7.02. The number of anilines is 1. The van der Waals surface area contributed by atoms with Crippen LogP contribution in [0.15, 0.2) is 62.9 Å². The Morgan fingerprint density at radius 1 is 1.12 bits per heavy atom. The number of nitrogen functional groups attached to an aromatic ring is 1. The molecule has 2 aromatic carbocycles. The van der Waals surface area contributed by atoms with Crippen molar-refractivity contribution >= 4 is 42.4 Å². The third-order valence-corrected chi connectivity index (χ3v) is 5.70. The molecule has 0 unspecified atom stereocenters. The smallest absolute Gasteiger partial charge is 0.404 e. The van der Waals surface area contributed by atoms with Crippen LogP contribution >= 0.6 is 15.9 Å². The van der Waals surface area contributed by atoms with Crippen molar-refractivity contribution in [3.05, 3.63) is 53.1 Å². The van der Waals surface area contributed by atoms with Gasteiger partial charge in [-0.05, 0) is 30.3 Å². The molecule has 0 amide bonds. The lowest BCUT2D eigenvalue weighted by atomic mass is 10.2. The van der Waals surface area contributed by atoms with Crippen molar-refractivity contribution in [2.45, 2.75) is 16.2 Å². The summed E-state index contributed by atoms with van der Waals surface area (Å²) < 4.78 is 67.7. The van der Waals surface area contributed by atoms with Gasteiger partial charge in [0.05, 0.1) is 16.1 Å². The average molecular weight is 447 g/mol. The summed E-state index contributed by atoms with van der Waals surface area (Å²) in [4.78, 5) is 3.12. The van der Waals surface area contributed by atoms with Gasteiger partial charge in [-0.3, -0.25) is 4.98 Å². The van der Waals surface area contributed by atoms with Gasteiger partial charge in [-0.25, -0.2) is 8.42 Å².